The third kappa shape index (κ3) is 10.6. The molecule has 33 heavy (non-hydrogen) atoms. The van der Waals surface area contributed by atoms with Crippen LogP contribution in [0.25, 0.3) is 0 Å². The van der Waals surface area contributed by atoms with Gasteiger partial charge in [-0.05, 0) is 67.6 Å². The Morgan fingerprint density at radius 3 is 2.48 bits per heavy atom. The van der Waals surface area contributed by atoms with Crippen LogP contribution >= 0.6 is 0 Å². The van der Waals surface area contributed by atoms with Gasteiger partial charge in [-0.1, -0.05) is 37.5 Å². The van der Waals surface area contributed by atoms with Crippen molar-refractivity contribution in [1.82, 2.24) is 5.32 Å². The van der Waals surface area contributed by atoms with Crippen LogP contribution in [0.5, 0.6) is 5.75 Å². The number of benzene rings is 2. The molecule has 0 saturated heterocycles. The van der Waals surface area contributed by atoms with Gasteiger partial charge in [-0.2, -0.15) is 0 Å². The molecule has 0 aliphatic carbocycles. The molecular formula is C24H35FN2O5S. The number of nitrogens with two attached hydrogens (primary N) is 1. The minimum absolute atomic E-state index is 0.139. The minimum atomic E-state index is -3.67. The van der Waals surface area contributed by atoms with Crippen molar-refractivity contribution in [3.05, 3.63) is 59.4 Å². The zero-order valence-electron chi connectivity index (χ0n) is 18.9. The smallest absolute Gasteiger partial charge is 0.238 e. The highest BCUT2D eigenvalue weighted by molar-refractivity contribution is 7.89. The van der Waals surface area contributed by atoms with E-state index in [1.165, 1.54) is 18.2 Å². The summed E-state index contributed by atoms with van der Waals surface area (Å²) in [5.74, 6) is -1.15. The van der Waals surface area contributed by atoms with Crippen LogP contribution < -0.4 is 10.5 Å². The van der Waals surface area contributed by atoms with E-state index >= 15 is 0 Å². The molecule has 0 spiro atoms. The summed E-state index contributed by atoms with van der Waals surface area (Å²) < 4.78 is 41.7. The summed E-state index contributed by atoms with van der Waals surface area (Å²) in [5.41, 5.74) is 1.37. The quantitative estimate of drug-likeness (QED) is 0.272. The predicted molar refractivity (Wildman–Crippen MR) is 126 cm³/mol. The summed E-state index contributed by atoms with van der Waals surface area (Å²) in [6.07, 6.45) is 6.03. The van der Waals surface area contributed by atoms with Crippen LogP contribution in [0.15, 0.2) is 47.4 Å². The summed E-state index contributed by atoms with van der Waals surface area (Å²) in [4.78, 5) is 0.139. The highest BCUT2D eigenvalue weighted by Gasteiger charge is 2.10. The molecule has 0 bridgehead atoms. The SMILES string of the molecule is NS(=O)(=O)c1cccc(CCCOCCCCCCCNC[C@@H](O)c2ccc(O)c(F)c2)c1. The molecule has 0 aliphatic rings. The number of hydrogen-bond donors (Lipinski definition) is 4. The van der Waals surface area contributed by atoms with Gasteiger partial charge in [0.25, 0.3) is 0 Å². The maximum absolute atomic E-state index is 13.3. The van der Waals surface area contributed by atoms with E-state index in [2.05, 4.69) is 5.32 Å². The lowest BCUT2D eigenvalue weighted by Crippen LogP contribution is -2.22. The third-order valence-electron chi connectivity index (χ3n) is 5.32. The number of primary sulfonamides is 1. The fraction of sp³-hybridized carbons (Fsp3) is 0.500. The first-order chi connectivity index (χ1) is 15.8. The summed E-state index contributed by atoms with van der Waals surface area (Å²) in [7, 11) is -3.67. The maximum Gasteiger partial charge on any atom is 0.238 e. The van der Waals surface area contributed by atoms with Crippen molar-refractivity contribution in [2.75, 3.05) is 26.3 Å². The van der Waals surface area contributed by atoms with Crippen LogP contribution in [0, 0.1) is 5.82 Å². The van der Waals surface area contributed by atoms with Crippen molar-refractivity contribution >= 4 is 10.0 Å². The van der Waals surface area contributed by atoms with E-state index in [0.717, 1.165) is 63.1 Å². The Bertz CT molecular complexity index is 956. The molecule has 7 nitrogen and oxygen atoms in total. The molecular weight excluding hydrogens is 447 g/mol. The van der Waals surface area contributed by atoms with Crippen molar-refractivity contribution in [3.8, 4) is 5.75 Å². The Morgan fingerprint density at radius 1 is 1.00 bits per heavy atom. The Morgan fingerprint density at radius 2 is 1.73 bits per heavy atom. The molecule has 0 heterocycles. The van der Waals surface area contributed by atoms with Gasteiger partial charge in [0.1, 0.15) is 0 Å². The maximum atomic E-state index is 13.3. The molecule has 0 radical (unpaired) electrons. The molecule has 2 rings (SSSR count). The van der Waals surface area contributed by atoms with Gasteiger partial charge >= 0.3 is 0 Å². The number of aromatic hydroxyl groups is 1. The van der Waals surface area contributed by atoms with E-state index in [-0.39, 0.29) is 4.90 Å². The molecule has 184 valence electrons. The van der Waals surface area contributed by atoms with Gasteiger partial charge in [-0.25, -0.2) is 17.9 Å². The Kier molecular flexibility index (Phi) is 11.8. The largest absolute Gasteiger partial charge is 0.505 e. The van der Waals surface area contributed by atoms with Gasteiger partial charge in [0, 0.05) is 19.8 Å². The van der Waals surface area contributed by atoms with Crippen LogP contribution in [0.1, 0.15) is 55.8 Å². The van der Waals surface area contributed by atoms with Gasteiger partial charge < -0.3 is 20.3 Å². The lowest BCUT2D eigenvalue weighted by Gasteiger charge is -2.12. The highest BCUT2D eigenvalue weighted by Crippen LogP contribution is 2.20. The Hall–Kier alpha value is -2.04. The number of aliphatic hydroxyl groups excluding tert-OH is 1. The Balaban J connectivity index is 1.42. The number of hydrogen-bond acceptors (Lipinski definition) is 6. The van der Waals surface area contributed by atoms with Gasteiger partial charge in [0.15, 0.2) is 11.6 Å². The lowest BCUT2D eigenvalue weighted by molar-refractivity contribution is 0.127. The Labute approximate surface area is 195 Å². The fourth-order valence-electron chi connectivity index (χ4n) is 3.43. The van der Waals surface area contributed by atoms with Gasteiger partial charge in [0.05, 0.1) is 11.0 Å². The van der Waals surface area contributed by atoms with Crippen molar-refractivity contribution in [2.45, 2.75) is 55.9 Å². The first-order valence-corrected chi connectivity index (χ1v) is 12.9. The van der Waals surface area contributed by atoms with Crippen molar-refractivity contribution in [1.29, 1.82) is 0 Å². The van der Waals surface area contributed by atoms with Gasteiger partial charge in [-0.3, -0.25) is 0 Å². The number of unbranched alkanes of at least 4 members (excludes halogenated alkanes) is 4. The molecule has 5 N–H and O–H groups in total. The summed E-state index contributed by atoms with van der Waals surface area (Å²) in [5, 5.41) is 27.6. The lowest BCUT2D eigenvalue weighted by atomic mass is 10.1. The molecule has 2 aromatic rings. The summed E-state index contributed by atoms with van der Waals surface area (Å²) >= 11 is 0. The number of phenolic OH excluding ortho intramolecular Hbond substituents is 1. The van der Waals surface area contributed by atoms with E-state index in [9.17, 15) is 23.0 Å². The molecule has 9 heteroatoms. The summed E-state index contributed by atoms with van der Waals surface area (Å²) in [6.45, 7) is 2.47. The van der Waals surface area contributed by atoms with Crippen molar-refractivity contribution in [3.63, 3.8) is 0 Å². The van der Waals surface area contributed by atoms with E-state index < -0.39 is 27.7 Å². The zero-order valence-corrected chi connectivity index (χ0v) is 19.7. The number of aryl methyl sites for hydroxylation is 1. The van der Waals surface area contributed by atoms with E-state index in [1.54, 1.807) is 12.1 Å². The average Bonchev–Trinajstić information content (AvgIpc) is 2.78. The normalized spacial score (nSPS) is 12.7. The van der Waals surface area contributed by atoms with Gasteiger partial charge in [-0.15, -0.1) is 0 Å². The van der Waals surface area contributed by atoms with Crippen LogP contribution in [0.2, 0.25) is 0 Å². The second-order valence-corrected chi connectivity index (χ2v) is 9.67. The number of sulfonamides is 1. The number of halogens is 1. The fourth-order valence-corrected chi connectivity index (χ4v) is 4.01. The number of phenols is 1. The zero-order chi connectivity index (χ0) is 24.1. The number of ether oxygens (including phenoxy) is 1. The first-order valence-electron chi connectivity index (χ1n) is 11.3. The van der Waals surface area contributed by atoms with E-state index in [0.29, 0.717) is 25.3 Å². The molecule has 0 amide bonds. The monoisotopic (exact) mass is 482 g/mol. The number of aliphatic hydroxyl groups is 1. The van der Waals surface area contributed by atoms with Crippen LogP contribution in [-0.4, -0.2) is 44.9 Å². The van der Waals surface area contributed by atoms with E-state index in [1.807, 2.05) is 6.07 Å². The first kappa shape index (κ1) is 27.2. The van der Waals surface area contributed by atoms with E-state index in [4.69, 9.17) is 9.88 Å². The molecule has 1 atom stereocenters. The average molecular weight is 483 g/mol. The molecule has 0 aliphatic heterocycles. The van der Waals surface area contributed by atoms with Crippen LogP contribution in [0.3, 0.4) is 0 Å². The summed E-state index contributed by atoms with van der Waals surface area (Å²) in [6, 6.07) is 10.6. The van der Waals surface area contributed by atoms with Gasteiger partial charge in [0.2, 0.25) is 10.0 Å². The topological polar surface area (TPSA) is 122 Å². The number of nitrogens with one attached hydrogen (secondary N) is 1. The van der Waals surface area contributed by atoms with Crippen LogP contribution in [-0.2, 0) is 21.2 Å². The molecule has 0 unspecified atom stereocenters. The second kappa shape index (κ2) is 14.3. The standard InChI is InChI=1S/C24H35FN2O5S/c25-22-17-20(11-12-23(22)28)24(29)18-27-13-4-2-1-3-5-14-32-15-7-9-19-8-6-10-21(16-19)33(26,30)31/h6,8,10-12,16-17,24,27-29H,1-5,7,9,13-15,18H2,(H2,26,30,31)/t24-/m1/s1. The van der Waals surface area contributed by atoms with Crippen molar-refractivity contribution < 1.29 is 27.8 Å². The van der Waals surface area contributed by atoms with Crippen molar-refractivity contribution in [2.24, 2.45) is 5.14 Å². The molecule has 0 fully saturated rings. The predicted octanol–water partition coefficient (Wildman–Crippen LogP) is 3.40. The molecule has 0 saturated carbocycles. The third-order valence-corrected chi connectivity index (χ3v) is 6.23. The highest BCUT2D eigenvalue weighted by atomic mass is 32.2. The molecule has 2 aromatic carbocycles. The molecule has 0 aromatic heterocycles. The second-order valence-electron chi connectivity index (χ2n) is 8.11. The minimum Gasteiger partial charge on any atom is -0.505 e. The number of rotatable bonds is 16. The van der Waals surface area contributed by atoms with Crippen LogP contribution in [0.4, 0.5) is 4.39 Å².